The Morgan fingerprint density at radius 3 is 2.85 bits per heavy atom. The van der Waals surface area contributed by atoms with E-state index in [2.05, 4.69) is 61.7 Å². The van der Waals surface area contributed by atoms with Crippen molar-refractivity contribution in [3.05, 3.63) is 46.7 Å². The predicted molar refractivity (Wildman–Crippen MR) is 121 cm³/mol. The SMILES string of the molecule is CCNC(=NCc1ccnn1C)NC1CCN(c2ccccc2Br)C1.I. The Bertz CT molecular complexity index is 732. The molecule has 1 saturated heterocycles. The Balaban J connectivity index is 0.00000243. The fourth-order valence-electron chi connectivity index (χ4n) is 3.03. The van der Waals surface area contributed by atoms with Crippen molar-refractivity contribution >= 4 is 51.6 Å². The lowest BCUT2D eigenvalue weighted by molar-refractivity contribution is 0.645. The van der Waals surface area contributed by atoms with Gasteiger partial charge in [0, 0.05) is 43.4 Å². The molecule has 2 aromatic rings. The van der Waals surface area contributed by atoms with Crippen LogP contribution in [0, 0.1) is 0 Å². The summed E-state index contributed by atoms with van der Waals surface area (Å²) in [4.78, 5) is 7.11. The lowest BCUT2D eigenvalue weighted by Gasteiger charge is -2.21. The van der Waals surface area contributed by atoms with Crippen molar-refractivity contribution in [1.82, 2.24) is 20.4 Å². The maximum Gasteiger partial charge on any atom is 0.191 e. The number of guanidine groups is 1. The molecule has 2 heterocycles. The minimum atomic E-state index is 0. The summed E-state index contributed by atoms with van der Waals surface area (Å²) in [5.41, 5.74) is 2.35. The van der Waals surface area contributed by atoms with Crippen molar-refractivity contribution in [3.8, 4) is 0 Å². The van der Waals surface area contributed by atoms with Gasteiger partial charge < -0.3 is 15.5 Å². The van der Waals surface area contributed by atoms with Crippen LogP contribution in [-0.2, 0) is 13.6 Å². The standard InChI is InChI=1S/C18H25BrN6.HI/c1-3-20-18(21-12-15-8-10-22-24(15)2)23-14-9-11-25(13-14)17-7-5-4-6-16(17)19;/h4-8,10,14H,3,9,11-13H2,1-2H3,(H2,20,21,23);1H. The van der Waals surface area contributed by atoms with Gasteiger partial charge in [0.15, 0.2) is 5.96 Å². The number of hydrogen-bond donors (Lipinski definition) is 2. The molecule has 1 aliphatic rings. The van der Waals surface area contributed by atoms with Crippen molar-refractivity contribution in [2.24, 2.45) is 12.0 Å². The highest BCUT2D eigenvalue weighted by Crippen LogP contribution is 2.28. The first-order valence-electron chi connectivity index (χ1n) is 8.68. The minimum absolute atomic E-state index is 0. The van der Waals surface area contributed by atoms with Crippen molar-refractivity contribution in [3.63, 3.8) is 0 Å². The van der Waals surface area contributed by atoms with Gasteiger partial charge in [-0.15, -0.1) is 24.0 Å². The second-order valence-electron chi connectivity index (χ2n) is 6.17. The lowest BCUT2D eigenvalue weighted by Crippen LogP contribution is -2.44. The first kappa shape index (κ1) is 21.0. The maximum absolute atomic E-state index is 4.70. The molecule has 0 bridgehead atoms. The zero-order chi connectivity index (χ0) is 17.6. The molecular weight excluding hydrogens is 507 g/mol. The molecule has 1 aromatic carbocycles. The second kappa shape index (κ2) is 10.1. The Hall–Kier alpha value is -1.29. The number of nitrogens with zero attached hydrogens (tertiary/aromatic N) is 4. The van der Waals surface area contributed by atoms with Crippen LogP contribution in [-0.4, -0.2) is 41.4 Å². The van der Waals surface area contributed by atoms with Crippen molar-refractivity contribution < 1.29 is 0 Å². The Labute approximate surface area is 180 Å². The van der Waals surface area contributed by atoms with Gasteiger partial charge in [-0.1, -0.05) is 12.1 Å². The van der Waals surface area contributed by atoms with E-state index in [4.69, 9.17) is 4.99 Å². The van der Waals surface area contributed by atoms with E-state index in [1.54, 1.807) is 6.20 Å². The van der Waals surface area contributed by atoms with Crippen LogP contribution in [0.5, 0.6) is 0 Å². The van der Waals surface area contributed by atoms with Crippen LogP contribution >= 0.6 is 39.9 Å². The van der Waals surface area contributed by atoms with E-state index < -0.39 is 0 Å². The van der Waals surface area contributed by atoms with E-state index in [1.807, 2.05) is 23.9 Å². The summed E-state index contributed by atoms with van der Waals surface area (Å²) >= 11 is 3.65. The number of aromatic nitrogens is 2. The number of anilines is 1. The number of rotatable bonds is 5. The highest BCUT2D eigenvalue weighted by molar-refractivity contribution is 14.0. The fraction of sp³-hybridized carbons (Fsp3) is 0.444. The fourth-order valence-corrected chi connectivity index (χ4v) is 3.57. The number of aryl methyl sites for hydroxylation is 1. The average Bonchev–Trinajstić information content (AvgIpc) is 3.22. The van der Waals surface area contributed by atoms with Crippen LogP contribution in [0.4, 0.5) is 5.69 Å². The maximum atomic E-state index is 4.70. The summed E-state index contributed by atoms with van der Waals surface area (Å²) in [6, 6.07) is 10.8. The normalized spacial score (nSPS) is 17.1. The Kier molecular flexibility index (Phi) is 8.20. The molecule has 1 fully saturated rings. The average molecular weight is 533 g/mol. The van der Waals surface area contributed by atoms with Crippen molar-refractivity contribution in [2.45, 2.75) is 25.9 Å². The number of hydrogen-bond acceptors (Lipinski definition) is 3. The molecule has 1 unspecified atom stereocenters. The molecule has 1 aliphatic heterocycles. The Morgan fingerprint density at radius 1 is 1.35 bits per heavy atom. The van der Waals surface area contributed by atoms with Crippen molar-refractivity contribution in [2.75, 3.05) is 24.5 Å². The molecule has 0 saturated carbocycles. The third kappa shape index (κ3) is 5.35. The molecule has 8 heteroatoms. The topological polar surface area (TPSA) is 57.5 Å². The zero-order valence-electron chi connectivity index (χ0n) is 15.2. The third-order valence-electron chi connectivity index (χ3n) is 4.39. The molecular formula is C18H26BrIN6. The summed E-state index contributed by atoms with van der Waals surface area (Å²) in [5, 5.41) is 11.1. The molecule has 1 atom stereocenters. The summed E-state index contributed by atoms with van der Waals surface area (Å²) in [7, 11) is 1.94. The van der Waals surface area contributed by atoms with E-state index >= 15 is 0 Å². The first-order chi connectivity index (χ1) is 12.2. The van der Waals surface area contributed by atoms with Gasteiger partial charge in [0.1, 0.15) is 0 Å². The van der Waals surface area contributed by atoms with Gasteiger partial charge in [-0.2, -0.15) is 5.10 Å². The molecule has 0 radical (unpaired) electrons. The number of halogens is 2. The van der Waals surface area contributed by atoms with Crippen molar-refractivity contribution in [1.29, 1.82) is 0 Å². The highest BCUT2D eigenvalue weighted by atomic mass is 127. The van der Waals surface area contributed by atoms with E-state index in [-0.39, 0.29) is 24.0 Å². The summed E-state index contributed by atoms with van der Waals surface area (Å²) in [5.74, 6) is 0.864. The van der Waals surface area contributed by atoms with Crippen LogP contribution in [0.1, 0.15) is 19.0 Å². The van der Waals surface area contributed by atoms with E-state index in [1.165, 1.54) is 5.69 Å². The van der Waals surface area contributed by atoms with Gasteiger partial charge in [0.05, 0.1) is 17.9 Å². The number of benzene rings is 1. The molecule has 2 N–H and O–H groups in total. The van der Waals surface area contributed by atoms with Crippen LogP contribution in [0.3, 0.4) is 0 Å². The summed E-state index contributed by atoms with van der Waals surface area (Å²) < 4.78 is 3.00. The van der Waals surface area contributed by atoms with Gasteiger partial charge in [0.2, 0.25) is 0 Å². The smallest absolute Gasteiger partial charge is 0.191 e. The summed E-state index contributed by atoms with van der Waals surface area (Å²) in [6.45, 7) is 5.56. The number of para-hydroxylation sites is 1. The van der Waals surface area contributed by atoms with Gasteiger partial charge >= 0.3 is 0 Å². The molecule has 0 amide bonds. The molecule has 1 aromatic heterocycles. The van der Waals surface area contributed by atoms with E-state index in [9.17, 15) is 0 Å². The van der Waals surface area contributed by atoms with E-state index in [0.29, 0.717) is 12.6 Å². The molecule has 6 nitrogen and oxygen atoms in total. The monoisotopic (exact) mass is 532 g/mol. The van der Waals surface area contributed by atoms with Gasteiger partial charge in [-0.3, -0.25) is 4.68 Å². The van der Waals surface area contributed by atoms with Crippen LogP contribution in [0.15, 0.2) is 46.0 Å². The van der Waals surface area contributed by atoms with Crippen LogP contribution in [0.2, 0.25) is 0 Å². The largest absolute Gasteiger partial charge is 0.368 e. The summed E-state index contributed by atoms with van der Waals surface area (Å²) in [6.07, 6.45) is 2.90. The lowest BCUT2D eigenvalue weighted by atomic mass is 10.3. The number of aliphatic imine (C=N–C) groups is 1. The molecule has 0 aliphatic carbocycles. The van der Waals surface area contributed by atoms with Gasteiger partial charge in [-0.05, 0) is 47.5 Å². The Morgan fingerprint density at radius 2 is 2.15 bits per heavy atom. The molecule has 142 valence electrons. The third-order valence-corrected chi connectivity index (χ3v) is 5.06. The molecule has 3 rings (SSSR count). The quantitative estimate of drug-likeness (QED) is 0.353. The van der Waals surface area contributed by atoms with E-state index in [0.717, 1.165) is 42.2 Å². The molecule has 26 heavy (non-hydrogen) atoms. The van der Waals surface area contributed by atoms with Gasteiger partial charge in [0.25, 0.3) is 0 Å². The van der Waals surface area contributed by atoms with Crippen LogP contribution in [0.25, 0.3) is 0 Å². The zero-order valence-corrected chi connectivity index (χ0v) is 19.1. The number of nitrogens with one attached hydrogen (secondary N) is 2. The minimum Gasteiger partial charge on any atom is -0.368 e. The van der Waals surface area contributed by atoms with Gasteiger partial charge in [-0.25, -0.2) is 4.99 Å². The molecule has 0 spiro atoms. The van der Waals surface area contributed by atoms with Crippen LogP contribution < -0.4 is 15.5 Å². The second-order valence-corrected chi connectivity index (χ2v) is 7.02. The first-order valence-corrected chi connectivity index (χ1v) is 9.48. The highest BCUT2D eigenvalue weighted by Gasteiger charge is 2.24. The predicted octanol–water partition coefficient (Wildman–Crippen LogP) is 3.13.